The largest absolute Gasteiger partial charge is 0.493 e. The Balaban J connectivity index is 2.42. The third-order valence-electron chi connectivity index (χ3n) is 3.99. The first kappa shape index (κ1) is 23.1. The van der Waals surface area contributed by atoms with Crippen molar-refractivity contribution in [3.8, 4) is 11.5 Å². The van der Waals surface area contributed by atoms with Gasteiger partial charge in [-0.25, -0.2) is 8.42 Å². The predicted molar refractivity (Wildman–Crippen MR) is 111 cm³/mol. The molecule has 0 fully saturated rings. The molecule has 0 aliphatic rings. The van der Waals surface area contributed by atoms with Crippen LogP contribution >= 0.6 is 0 Å². The second-order valence-corrected chi connectivity index (χ2v) is 8.74. The lowest BCUT2D eigenvalue weighted by atomic mass is 10.1. The van der Waals surface area contributed by atoms with Crippen LogP contribution in [0.4, 0.5) is 0 Å². The number of rotatable bonds is 11. The number of aryl methyl sites for hydroxylation is 1. The van der Waals surface area contributed by atoms with E-state index in [1.54, 1.807) is 14.2 Å². The van der Waals surface area contributed by atoms with Crippen molar-refractivity contribution in [1.29, 1.82) is 0 Å². The smallest absolute Gasteiger partial charge is 0.191 e. The Morgan fingerprint density at radius 3 is 2.63 bits per heavy atom. The van der Waals surface area contributed by atoms with E-state index in [4.69, 9.17) is 9.47 Å². The van der Waals surface area contributed by atoms with Crippen molar-refractivity contribution in [2.24, 2.45) is 4.99 Å². The zero-order chi connectivity index (χ0) is 20.3. The van der Waals surface area contributed by atoms with E-state index in [0.717, 1.165) is 30.9 Å². The van der Waals surface area contributed by atoms with Crippen molar-refractivity contribution >= 4 is 15.8 Å². The minimum Gasteiger partial charge on any atom is -0.493 e. The fourth-order valence-electron chi connectivity index (χ4n) is 2.54. The molecule has 0 aliphatic carbocycles. The summed E-state index contributed by atoms with van der Waals surface area (Å²) in [6.45, 7) is 5.26. The molecular formula is C19H33N3O4S. The molecule has 0 spiro atoms. The second kappa shape index (κ2) is 11.7. The summed E-state index contributed by atoms with van der Waals surface area (Å²) in [4.78, 5) is 4.19. The van der Waals surface area contributed by atoms with Crippen molar-refractivity contribution in [3.63, 3.8) is 0 Å². The molecule has 27 heavy (non-hydrogen) atoms. The molecule has 1 aromatic carbocycles. The van der Waals surface area contributed by atoms with Crippen LogP contribution < -0.4 is 20.1 Å². The van der Waals surface area contributed by atoms with Gasteiger partial charge in [0.05, 0.1) is 19.5 Å². The molecule has 7 nitrogen and oxygen atoms in total. The molecule has 2 N–H and O–H groups in total. The zero-order valence-electron chi connectivity index (χ0n) is 17.0. The third kappa shape index (κ3) is 9.51. The van der Waals surface area contributed by atoms with E-state index in [9.17, 15) is 8.42 Å². The molecule has 0 aliphatic heterocycles. The summed E-state index contributed by atoms with van der Waals surface area (Å²) < 4.78 is 33.4. The Labute approximate surface area is 163 Å². The van der Waals surface area contributed by atoms with Gasteiger partial charge in [0.2, 0.25) is 0 Å². The topological polar surface area (TPSA) is 89.0 Å². The Bertz CT molecular complexity index is 705. The number of guanidine groups is 1. The molecule has 1 aromatic rings. The number of nitrogens with zero attached hydrogens (tertiary/aromatic N) is 1. The van der Waals surface area contributed by atoms with Crippen LogP contribution in [-0.2, 0) is 16.3 Å². The molecule has 1 atom stereocenters. The Morgan fingerprint density at radius 2 is 2.04 bits per heavy atom. The van der Waals surface area contributed by atoms with Crippen LogP contribution in [0.3, 0.4) is 0 Å². The molecule has 0 aromatic heterocycles. The molecule has 1 rings (SSSR count). The monoisotopic (exact) mass is 399 g/mol. The summed E-state index contributed by atoms with van der Waals surface area (Å²) in [5.41, 5.74) is 1.19. The molecular weight excluding hydrogens is 366 g/mol. The summed E-state index contributed by atoms with van der Waals surface area (Å²) in [6, 6.07) is 6.02. The summed E-state index contributed by atoms with van der Waals surface area (Å²) in [7, 11) is 0.395. The van der Waals surface area contributed by atoms with Crippen LogP contribution in [0.1, 0.15) is 32.3 Å². The van der Waals surface area contributed by atoms with E-state index >= 15 is 0 Å². The molecule has 1 unspecified atom stereocenters. The van der Waals surface area contributed by atoms with Gasteiger partial charge >= 0.3 is 0 Å². The zero-order valence-corrected chi connectivity index (χ0v) is 17.9. The van der Waals surface area contributed by atoms with Crippen molar-refractivity contribution in [2.75, 3.05) is 39.3 Å². The third-order valence-corrected chi connectivity index (χ3v) is 4.97. The van der Waals surface area contributed by atoms with E-state index in [1.807, 2.05) is 32.0 Å². The highest BCUT2D eigenvalue weighted by atomic mass is 32.2. The van der Waals surface area contributed by atoms with E-state index < -0.39 is 9.84 Å². The van der Waals surface area contributed by atoms with Crippen LogP contribution in [0, 0.1) is 0 Å². The minimum absolute atomic E-state index is 0.0289. The molecule has 154 valence electrons. The van der Waals surface area contributed by atoms with E-state index in [0.29, 0.717) is 19.0 Å². The first-order valence-corrected chi connectivity index (χ1v) is 11.3. The molecule has 8 heteroatoms. The molecule has 0 saturated carbocycles. The first-order chi connectivity index (χ1) is 12.8. The average Bonchev–Trinajstić information content (AvgIpc) is 2.62. The standard InChI is InChI=1S/C19H33N3O4S/c1-6-26-18-14-16(9-10-17(18)25-4)8-7-12-21-19(20-3)22-15(2)11-13-27(5,23)24/h9-10,14-15H,6-8,11-13H2,1-5H3,(H2,20,21,22). The normalized spacial score (nSPS) is 13.1. The van der Waals surface area contributed by atoms with Gasteiger partial charge in [0.15, 0.2) is 17.5 Å². The second-order valence-electron chi connectivity index (χ2n) is 6.48. The van der Waals surface area contributed by atoms with Crippen molar-refractivity contribution in [1.82, 2.24) is 10.6 Å². The van der Waals surface area contributed by atoms with Crippen LogP contribution in [0.2, 0.25) is 0 Å². The number of hydrogen-bond donors (Lipinski definition) is 2. The number of ether oxygens (including phenoxy) is 2. The molecule has 0 saturated heterocycles. The fourth-order valence-corrected chi connectivity index (χ4v) is 3.32. The fraction of sp³-hybridized carbons (Fsp3) is 0.632. The highest BCUT2D eigenvalue weighted by Crippen LogP contribution is 2.28. The van der Waals surface area contributed by atoms with Gasteiger partial charge in [0, 0.05) is 25.9 Å². The highest BCUT2D eigenvalue weighted by molar-refractivity contribution is 7.90. The number of sulfone groups is 1. The predicted octanol–water partition coefficient (Wildman–Crippen LogP) is 2.01. The van der Waals surface area contributed by atoms with Gasteiger partial charge in [-0.1, -0.05) is 6.07 Å². The SMILES string of the molecule is CCOc1cc(CCCNC(=NC)NC(C)CCS(C)(=O)=O)ccc1OC. The lowest BCUT2D eigenvalue weighted by molar-refractivity contribution is 0.310. The maximum Gasteiger partial charge on any atom is 0.191 e. The summed E-state index contributed by atoms with van der Waals surface area (Å²) in [6.07, 6.45) is 3.63. The highest BCUT2D eigenvalue weighted by Gasteiger charge is 2.09. The average molecular weight is 400 g/mol. The number of hydrogen-bond acceptors (Lipinski definition) is 5. The van der Waals surface area contributed by atoms with Gasteiger partial charge in [0.1, 0.15) is 9.84 Å². The Kier molecular flexibility index (Phi) is 9.99. The van der Waals surface area contributed by atoms with Gasteiger partial charge in [-0.2, -0.15) is 0 Å². The molecule has 0 radical (unpaired) electrons. The van der Waals surface area contributed by atoms with Gasteiger partial charge in [0.25, 0.3) is 0 Å². The molecule has 0 heterocycles. The van der Waals surface area contributed by atoms with E-state index in [1.165, 1.54) is 11.8 Å². The van der Waals surface area contributed by atoms with Crippen LogP contribution in [0.5, 0.6) is 11.5 Å². The lowest BCUT2D eigenvalue weighted by Crippen LogP contribution is -2.43. The van der Waals surface area contributed by atoms with Crippen molar-refractivity contribution < 1.29 is 17.9 Å². The van der Waals surface area contributed by atoms with Gasteiger partial charge < -0.3 is 20.1 Å². The number of aliphatic imine (C=N–C) groups is 1. The molecule has 0 bridgehead atoms. The van der Waals surface area contributed by atoms with Gasteiger partial charge in [-0.3, -0.25) is 4.99 Å². The summed E-state index contributed by atoms with van der Waals surface area (Å²) in [5.74, 6) is 2.35. The van der Waals surface area contributed by atoms with Crippen LogP contribution in [-0.4, -0.2) is 59.7 Å². The number of benzene rings is 1. The van der Waals surface area contributed by atoms with Crippen molar-refractivity contribution in [3.05, 3.63) is 23.8 Å². The Hall–Kier alpha value is -1.96. The number of methoxy groups -OCH3 is 1. The van der Waals surface area contributed by atoms with E-state index in [2.05, 4.69) is 15.6 Å². The van der Waals surface area contributed by atoms with Gasteiger partial charge in [-0.15, -0.1) is 0 Å². The van der Waals surface area contributed by atoms with Crippen LogP contribution in [0.25, 0.3) is 0 Å². The summed E-state index contributed by atoms with van der Waals surface area (Å²) >= 11 is 0. The lowest BCUT2D eigenvalue weighted by Gasteiger charge is -2.17. The minimum atomic E-state index is -2.95. The van der Waals surface area contributed by atoms with Gasteiger partial charge in [-0.05, 0) is 50.8 Å². The first-order valence-electron chi connectivity index (χ1n) is 9.23. The quantitative estimate of drug-likeness (QED) is 0.336. The van der Waals surface area contributed by atoms with Crippen molar-refractivity contribution in [2.45, 2.75) is 39.2 Å². The molecule has 0 amide bonds. The maximum absolute atomic E-state index is 11.3. The Morgan fingerprint density at radius 1 is 1.30 bits per heavy atom. The number of nitrogens with one attached hydrogen (secondary N) is 2. The van der Waals surface area contributed by atoms with Crippen LogP contribution in [0.15, 0.2) is 23.2 Å². The van der Waals surface area contributed by atoms with E-state index in [-0.39, 0.29) is 11.8 Å². The maximum atomic E-state index is 11.3. The summed E-state index contributed by atoms with van der Waals surface area (Å²) in [5, 5.41) is 6.48.